The largest absolute Gasteiger partial charge is 0.415 e. The van der Waals surface area contributed by atoms with Gasteiger partial charge in [-0.1, -0.05) is 27.7 Å². The molecule has 1 rings (SSSR count). The summed E-state index contributed by atoms with van der Waals surface area (Å²) in [5, 5.41) is 0. The average Bonchev–Trinajstić information content (AvgIpc) is 2.69. The van der Waals surface area contributed by atoms with Crippen molar-refractivity contribution in [3.8, 4) is 0 Å². The molecule has 1 saturated heterocycles. The summed E-state index contributed by atoms with van der Waals surface area (Å²) >= 11 is 0. The van der Waals surface area contributed by atoms with Crippen molar-refractivity contribution in [2.24, 2.45) is 0 Å². The molecule has 0 amide bonds. The van der Waals surface area contributed by atoms with E-state index in [9.17, 15) is 0 Å². The zero-order valence-electron chi connectivity index (χ0n) is 22.6. The Hall–Kier alpha value is 0.668. The average molecular weight is 509 g/mol. The highest BCUT2D eigenvalue weighted by atomic mass is 28.4. The molecule has 0 aromatic heterocycles. The minimum absolute atomic E-state index is 0.0701. The fourth-order valence-corrected chi connectivity index (χ4v) is 7.55. The summed E-state index contributed by atoms with van der Waals surface area (Å²) < 4.78 is 33.4. The predicted octanol–water partition coefficient (Wildman–Crippen LogP) is 6.46. The second kappa shape index (κ2) is 11.9. The Morgan fingerprint density at radius 2 is 1.03 bits per heavy atom. The maximum atomic E-state index is 6.93. The predicted molar refractivity (Wildman–Crippen MR) is 142 cm³/mol. The third-order valence-corrected chi connectivity index (χ3v) is 17.5. The minimum atomic E-state index is -1.85. The van der Waals surface area contributed by atoms with E-state index in [1.807, 2.05) is 0 Å². The van der Waals surface area contributed by atoms with Gasteiger partial charge in [-0.25, -0.2) is 0 Å². The maximum absolute atomic E-state index is 6.93. The molecule has 0 unspecified atom stereocenters. The molecule has 0 aliphatic carbocycles. The van der Waals surface area contributed by atoms with Crippen molar-refractivity contribution in [1.82, 2.24) is 0 Å². The lowest BCUT2D eigenvalue weighted by Crippen LogP contribution is -2.63. The van der Waals surface area contributed by atoms with Crippen LogP contribution in [0, 0.1) is 0 Å². The van der Waals surface area contributed by atoms with Crippen molar-refractivity contribution >= 4 is 33.3 Å². The lowest BCUT2D eigenvalue weighted by molar-refractivity contribution is -0.178. The lowest BCUT2D eigenvalue weighted by atomic mass is 10.0. The van der Waals surface area contributed by atoms with Gasteiger partial charge in [0.25, 0.3) is 0 Å². The fraction of sp³-hybridized carbons (Fsp3) is 1.00. The van der Waals surface area contributed by atoms with Gasteiger partial charge in [0.05, 0.1) is 25.4 Å². The molecule has 1 aliphatic rings. The summed E-state index contributed by atoms with van der Waals surface area (Å²) in [7, 11) is -7.13. The van der Waals surface area contributed by atoms with Crippen molar-refractivity contribution < 1.29 is 22.4 Å². The van der Waals surface area contributed by atoms with Crippen molar-refractivity contribution in [3.05, 3.63) is 0 Å². The van der Waals surface area contributed by atoms with Crippen molar-refractivity contribution in [1.29, 1.82) is 0 Å². The number of hydrogen-bond donors (Lipinski definition) is 0. The van der Waals surface area contributed by atoms with Crippen LogP contribution in [0.5, 0.6) is 0 Å². The first-order valence-corrected chi connectivity index (χ1v) is 24.9. The van der Waals surface area contributed by atoms with Crippen LogP contribution in [0.15, 0.2) is 0 Å². The van der Waals surface area contributed by atoms with Gasteiger partial charge in [-0.3, -0.25) is 0 Å². The highest BCUT2D eigenvalue weighted by molar-refractivity contribution is 6.72. The summed E-state index contributed by atoms with van der Waals surface area (Å²) in [4.78, 5) is 0. The third kappa shape index (κ3) is 9.82. The highest BCUT2D eigenvalue weighted by Gasteiger charge is 2.48. The third-order valence-electron chi connectivity index (χ3n) is 6.96. The quantitative estimate of drug-likeness (QED) is 0.267. The molecule has 186 valence electrons. The molecule has 0 aromatic carbocycles. The molecule has 1 aliphatic heterocycles. The molecule has 1 heterocycles. The van der Waals surface area contributed by atoms with E-state index < -0.39 is 33.3 Å². The maximum Gasteiger partial charge on any atom is 0.187 e. The summed E-state index contributed by atoms with van der Waals surface area (Å²) in [6, 6.07) is 4.31. The first-order chi connectivity index (χ1) is 14.1. The van der Waals surface area contributed by atoms with Crippen LogP contribution in [0.1, 0.15) is 27.7 Å². The Morgan fingerprint density at radius 3 is 1.48 bits per heavy atom. The van der Waals surface area contributed by atoms with E-state index in [1.165, 1.54) is 0 Å². The molecule has 0 bridgehead atoms. The number of rotatable bonds is 13. The monoisotopic (exact) mass is 508 g/mol. The highest BCUT2D eigenvalue weighted by Crippen LogP contribution is 2.32. The lowest BCUT2D eigenvalue weighted by Gasteiger charge is -2.49. The number of ether oxygens (including phenoxy) is 1. The topological polar surface area (TPSA) is 46.2 Å². The van der Waals surface area contributed by atoms with Crippen molar-refractivity contribution in [3.63, 3.8) is 0 Å². The van der Waals surface area contributed by atoms with Gasteiger partial charge in [-0.15, -0.1) is 0 Å². The van der Waals surface area contributed by atoms with Gasteiger partial charge in [0.15, 0.2) is 33.3 Å². The van der Waals surface area contributed by atoms with E-state index >= 15 is 0 Å². The van der Waals surface area contributed by atoms with Gasteiger partial charge >= 0.3 is 0 Å². The molecule has 0 aromatic rings. The van der Waals surface area contributed by atoms with Crippen LogP contribution in [0.4, 0.5) is 0 Å². The molecule has 31 heavy (non-hydrogen) atoms. The van der Waals surface area contributed by atoms with Crippen LogP contribution < -0.4 is 0 Å². The van der Waals surface area contributed by atoms with E-state index in [0.29, 0.717) is 13.2 Å². The Labute approximate surface area is 197 Å². The Morgan fingerprint density at radius 1 is 0.613 bits per heavy atom. The second-order valence-corrected chi connectivity index (χ2v) is 29.4. The Bertz CT molecular complexity index is 542. The molecule has 0 N–H and O–H groups in total. The van der Waals surface area contributed by atoms with E-state index in [1.54, 1.807) is 0 Å². The van der Waals surface area contributed by atoms with Crippen LogP contribution in [0.2, 0.25) is 76.6 Å². The van der Waals surface area contributed by atoms with Crippen LogP contribution >= 0.6 is 0 Å². The first-order valence-electron chi connectivity index (χ1n) is 12.4. The van der Waals surface area contributed by atoms with Gasteiger partial charge in [0.1, 0.15) is 12.2 Å². The molecule has 0 spiro atoms. The fourth-order valence-electron chi connectivity index (χ4n) is 3.17. The Kier molecular flexibility index (Phi) is 11.4. The zero-order valence-corrected chi connectivity index (χ0v) is 26.6. The molecular formula is C22H52O5Si4. The SMILES string of the molecule is CC[Si](C)(C)OC[C@H]1OC[C@H](O[Si](C)(C)CC)[C@@H](O[Si](C)(C)CC)[C@@H]1O[Si](C)(C)CC. The summed E-state index contributed by atoms with van der Waals surface area (Å²) in [6.07, 6.45) is -0.400. The number of hydrogen-bond acceptors (Lipinski definition) is 5. The van der Waals surface area contributed by atoms with Crippen molar-refractivity contribution in [2.75, 3.05) is 13.2 Å². The zero-order chi connectivity index (χ0) is 24.1. The van der Waals surface area contributed by atoms with Crippen LogP contribution in [-0.2, 0) is 22.4 Å². The summed E-state index contributed by atoms with van der Waals surface area (Å²) in [5.74, 6) is 0. The smallest absolute Gasteiger partial charge is 0.187 e. The molecule has 0 saturated carbocycles. The van der Waals surface area contributed by atoms with Gasteiger partial charge in [-0.05, 0) is 76.6 Å². The molecule has 4 atom stereocenters. The van der Waals surface area contributed by atoms with Gasteiger partial charge in [-0.2, -0.15) is 0 Å². The Balaban J connectivity index is 3.27. The molecule has 9 heteroatoms. The molecular weight excluding hydrogens is 457 g/mol. The molecule has 5 nitrogen and oxygen atoms in total. The van der Waals surface area contributed by atoms with Gasteiger partial charge in [0.2, 0.25) is 0 Å². The van der Waals surface area contributed by atoms with E-state index in [2.05, 4.69) is 80.1 Å². The molecule has 0 radical (unpaired) electrons. The first kappa shape index (κ1) is 29.7. The van der Waals surface area contributed by atoms with Crippen LogP contribution in [0.25, 0.3) is 0 Å². The minimum Gasteiger partial charge on any atom is -0.415 e. The molecule has 1 fully saturated rings. The summed E-state index contributed by atoms with van der Waals surface area (Å²) in [5.41, 5.74) is 0. The van der Waals surface area contributed by atoms with Crippen LogP contribution in [-0.4, -0.2) is 70.9 Å². The van der Waals surface area contributed by atoms with E-state index in [-0.39, 0.29) is 24.4 Å². The van der Waals surface area contributed by atoms with Crippen LogP contribution in [0.3, 0.4) is 0 Å². The standard InChI is InChI=1S/C22H52O5Si4/c1-13-28(5,6)24-18-19-21(26-30(9,10)15-3)22(27-31(11,12)16-4)20(17-23-19)25-29(7,8)14-2/h19-22H,13-18H2,1-12H3/t19-,20+,21-,22-/m1/s1. The van der Waals surface area contributed by atoms with Gasteiger partial charge < -0.3 is 22.4 Å². The summed E-state index contributed by atoms with van der Waals surface area (Å²) in [6.45, 7) is 28.4. The normalized spacial score (nSPS) is 26.3. The van der Waals surface area contributed by atoms with Gasteiger partial charge in [0, 0.05) is 0 Å². The van der Waals surface area contributed by atoms with E-state index in [0.717, 1.165) is 24.2 Å². The second-order valence-electron chi connectivity index (χ2n) is 11.5. The van der Waals surface area contributed by atoms with Crippen molar-refractivity contribution in [2.45, 2.75) is 129 Å². The van der Waals surface area contributed by atoms with E-state index in [4.69, 9.17) is 22.4 Å².